The van der Waals surface area contributed by atoms with Gasteiger partial charge in [-0.1, -0.05) is 25.0 Å². The van der Waals surface area contributed by atoms with Crippen molar-refractivity contribution in [2.45, 2.75) is 64.3 Å². The number of ether oxygens (including phenoxy) is 1. The van der Waals surface area contributed by atoms with Crippen molar-refractivity contribution >= 4 is 15.9 Å². The van der Waals surface area contributed by atoms with Crippen LogP contribution in [0, 0.1) is 20.8 Å². The van der Waals surface area contributed by atoms with E-state index in [0.29, 0.717) is 18.7 Å². The zero-order valence-corrected chi connectivity index (χ0v) is 20.5. The van der Waals surface area contributed by atoms with Crippen molar-refractivity contribution < 1.29 is 17.9 Å². The number of carbonyl (C=O) groups excluding carboxylic acids is 1. The number of nitrogens with zero attached hydrogens (tertiary/aromatic N) is 1. The average molecular weight is 459 g/mol. The molecule has 1 N–H and O–H groups in total. The zero-order valence-electron chi connectivity index (χ0n) is 19.7. The number of hydrogen-bond donors (Lipinski definition) is 1. The molecule has 7 heteroatoms. The summed E-state index contributed by atoms with van der Waals surface area (Å²) in [6, 6.07) is 8.61. The molecule has 2 aromatic rings. The van der Waals surface area contributed by atoms with E-state index in [-0.39, 0.29) is 22.6 Å². The summed E-state index contributed by atoms with van der Waals surface area (Å²) in [7, 11) is -2.31. The van der Waals surface area contributed by atoms with Crippen LogP contribution in [-0.2, 0) is 10.0 Å². The summed E-state index contributed by atoms with van der Waals surface area (Å²) in [4.78, 5) is 13.1. The third kappa shape index (κ3) is 5.15. The van der Waals surface area contributed by atoms with Crippen LogP contribution in [0.4, 0.5) is 0 Å². The molecular weight excluding hydrogens is 424 g/mol. The van der Waals surface area contributed by atoms with E-state index in [4.69, 9.17) is 4.74 Å². The highest BCUT2D eigenvalue weighted by Gasteiger charge is 2.29. The molecule has 1 atom stereocenters. The van der Waals surface area contributed by atoms with Gasteiger partial charge >= 0.3 is 0 Å². The summed E-state index contributed by atoms with van der Waals surface area (Å²) in [5.41, 5.74) is 4.84. The average Bonchev–Trinajstić information content (AvgIpc) is 3.06. The van der Waals surface area contributed by atoms with E-state index >= 15 is 0 Å². The monoisotopic (exact) mass is 458 g/mol. The number of benzene rings is 2. The fraction of sp³-hybridized carbons (Fsp3) is 0.480. The Morgan fingerprint density at radius 2 is 1.59 bits per heavy atom. The van der Waals surface area contributed by atoms with Crippen LogP contribution in [0.5, 0.6) is 5.75 Å². The quantitative estimate of drug-likeness (QED) is 0.682. The largest absolute Gasteiger partial charge is 0.495 e. The predicted octanol–water partition coefficient (Wildman–Crippen LogP) is 4.68. The Hall–Kier alpha value is -2.38. The molecule has 1 heterocycles. The lowest BCUT2D eigenvalue weighted by atomic mass is 9.96. The summed E-state index contributed by atoms with van der Waals surface area (Å²) < 4.78 is 33.6. The molecule has 1 aliphatic heterocycles. The summed E-state index contributed by atoms with van der Waals surface area (Å²) in [6.07, 6.45) is 3.74. The van der Waals surface area contributed by atoms with E-state index in [1.807, 2.05) is 13.8 Å². The van der Waals surface area contributed by atoms with Gasteiger partial charge in [-0.2, -0.15) is 4.31 Å². The molecule has 174 valence electrons. The number of sulfonamides is 1. The maximum absolute atomic E-state index is 13.4. The van der Waals surface area contributed by atoms with Crippen LogP contribution in [0.3, 0.4) is 0 Å². The van der Waals surface area contributed by atoms with E-state index in [2.05, 4.69) is 31.3 Å². The highest BCUT2D eigenvalue weighted by Crippen LogP contribution is 2.30. The van der Waals surface area contributed by atoms with Crippen molar-refractivity contribution in [3.8, 4) is 5.75 Å². The highest BCUT2D eigenvalue weighted by atomic mass is 32.2. The van der Waals surface area contributed by atoms with Gasteiger partial charge in [0.2, 0.25) is 10.0 Å². The molecule has 32 heavy (non-hydrogen) atoms. The second-order valence-electron chi connectivity index (χ2n) is 8.67. The molecule has 0 spiro atoms. The van der Waals surface area contributed by atoms with Crippen LogP contribution < -0.4 is 10.1 Å². The Bertz CT molecular complexity index is 1090. The third-order valence-corrected chi connectivity index (χ3v) is 8.22. The van der Waals surface area contributed by atoms with Gasteiger partial charge in [0.25, 0.3) is 5.91 Å². The highest BCUT2D eigenvalue weighted by molar-refractivity contribution is 7.89. The third-order valence-electron chi connectivity index (χ3n) is 6.31. The number of aryl methyl sites for hydroxylation is 3. The number of methoxy groups -OCH3 is 1. The minimum Gasteiger partial charge on any atom is -0.495 e. The molecule has 3 rings (SSSR count). The van der Waals surface area contributed by atoms with Crippen molar-refractivity contribution in [2.24, 2.45) is 0 Å². The summed E-state index contributed by atoms with van der Waals surface area (Å²) in [6.45, 7) is 9.07. The summed E-state index contributed by atoms with van der Waals surface area (Å²) in [5.74, 6) is -0.0612. The fourth-order valence-electron chi connectivity index (χ4n) is 4.25. The van der Waals surface area contributed by atoms with E-state index in [9.17, 15) is 13.2 Å². The lowest BCUT2D eigenvalue weighted by Crippen LogP contribution is -2.32. The molecule has 1 amide bonds. The van der Waals surface area contributed by atoms with E-state index in [0.717, 1.165) is 36.8 Å². The number of hydrogen-bond acceptors (Lipinski definition) is 4. The van der Waals surface area contributed by atoms with Crippen LogP contribution in [0.1, 0.15) is 71.3 Å². The normalized spacial score (nSPS) is 16.3. The Morgan fingerprint density at radius 3 is 2.22 bits per heavy atom. The standard InChI is InChI=1S/C25H34N2O4S/c1-17-14-19(3)22(15-18(17)2)20(4)26-25(28)21-10-11-23(31-5)24(16-21)32(29,30)27-12-8-6-7-9-13-27/h10-11,14-16,20H,6-9,12-13H2,1-5H3,(H,26,28)/t20-/m0/s1. The molecule has 1 saturated heterocycles. The van der Waals surface area contributed by atoms with Gasteiger partial charge in [-0.25, -0.2) is 8.42 Å². The van der Waals surface area contributed by atoms with E-state index in [1.54, 1.807) is 12.1 Å². The molecule has 0 saturated carbocycles. The Morgan fingerprint density at radius 1 is 0.969 bits per heavy atom. The van der Waals surface area contributed by atoms with Crippen molar-refractivity contribution in [1.29, 1.82) is 0 Å². The first-order valence-electron chi connectivity index (χ1n) is 11.2. The fourth-order valence-corrected chi connectivity index (χ4v) is 5.95. The minimum absolute atomic E-state index is 0.0459. The molecular formula is C25H34N2O4S. The van der Waals surface area contributed by atoms with Crippen molar-refractivity contribution in [3.05, 3.63) is 58.1 Å². The SMILES string of the molecule is COc1ccc(C(=O)N[C@@H](C)c2cc(C)c(C)cc2C)cc1S(=O)(=O)N1CCCCCC1. The molecule has 0 aliphatic carbocycles. The Kier molecular flexibility index (Phi) is 7.62. The van der Waals surface area contributed by atoms with Crippen LogP contribution in [-0.4, -0.2) is 38.8 Å². The molecule has 1 aliphatic rings. The molecule has 2 aromatic carbocycles. The summed E-state index contributed by atoms with van der Waals surface area (Å²) in [5, 5.41) is 3.02. The van der Waals surface area contributed by atoms with Gasteiger partial charge < -0.3 is 10.1 Å². The first kappa shape index (κ1) is 24.3. The second-order valence-corrected chi connectivity index (χ2v) is 10.6. The first-order chi connectivity index (χ1) is 15.1. The molecule has 0 unspecified atom stereocenters. The molecule has 0 radical (unpaired) electrons. The van der Waals surface area contributed by atoms with Gasteiger partial charge in [0, 0.05) is 18.7 Å². The van der Waals surface area contributed by atoms with Gasteiger partial charge in [0.1, 0.15) is 10.6 Å². The van der Waals surface area contributed by atoms with Crippen LogP contribution in [0.2, 0.25) is 0 Å². The number of rotatable bonds is 6. The molecule has 0 bridgehead atoms. The summed E-state index contributed by atoms with van der Waals surface area (Å²) >= 11 is 0. The van der Waals surface area contributed by atoms with Gasteiger partial charge in [-0.3, -0.25) is 4.79 Å². The van der Waals surface area contributed by atoms with Gasteiger partial charge in [0.15, 0.2) is 0 Å². The number of nitrogens with one attached hydrogen (secondary N) is 1. The lowest BCUT2D eigenvalue weighted by molar-refractivity contribution is 0.0939. The lowest BCUT2D eigenvalue weighted by Gasteiger charge is -2.22. The van der Waals surface area contributed by atoms with Gasteiger partial charge in [0.05, 0.1) is 13.2 Å². The molecule has 1 fully saturated rings. The van der Waals surface area contributed by atoms with Crippen molar-refractivity contribution in [1.82, 2.24) is 9.62 Å². The van der Waals surface area contributed by atoms with Crippen LogP contribution in [0.15, 0.2) is 35.2 Å². The number of amides is 1. The first-order valence-corrected chi connectivity index (χ1v) is 12.7. The Balaban J connectivity index is 1.89. The van der Waals surface area contributed by atoms with Crippen LogP contribution >= 0.6 is 0 Å². The van der Waals surface area contributed by atoms with Crippen molar-refractivity contribution in [3.63, 3.8) is 0 Å². The van der Waals surface area contributed by atoms with Crippen molar-refractivity contribution in [2.75, 3.05) is 20.2 Å². The van der Waals surface area contributed by atoms with Crippen LogP contribution in [0.25, 0.3) is 0 Å². The smallest absolute Gasteiger partial charge is 0.251 e. The Labute approximate surface area is 192 Å². The minimum atomic E-state index is -3.75. The maximum Gasteiger partial charge on any atom is 0.251 e. The zero-order chi connectivity index (χ0) is 23.5. The van der Waals surface area contributed by atoms with E-state index in [1.165, 1.54) is 28.6 Å². The number of carbonyl (C=O) groups is 1. The predicted molar refractivity (Wildman–Crippen MR) is 127 cm³/mol. The van der Waals surface area contributed by atoms with E-state index < -0.39 is 10.0 Å². The maximum atomic E-state index is 13.4. The second kappa shape index (κ2) is 10.0. The topological polar surface area (TPSA) is 75.7 Å². The molecule has 0 aromatic heterocycles. The van der Waals surface area contributed by atoms with Gasteiger partial charge in [-0.05, 0) is 81.0 Å². The van der Waals surface area contributed by atoms with Gasteiger partial charge in [-0.15, -0.1) is 0 Å². The molecule has 6 nitrogen and oxygen atoms in total.